The number of aliphatic hydroxyl groups excluding tert-OH is 4. The van der Waals surface area contributed by atoms with E-state index in [0.717, 1.165) is 38.5 Å². The number of carbonyl (C=O) groups excluding carboxylic acids is 1. The van der Waals surface area contributed by atoms with Gasteiger partial charge in [-0.05, 0) is 38.5 Å². The lowest BCUT2D eigenvalue weighted by Crippen LogP contribution is -2.53. The normalized spacial score (nSPS) is 13.6. The molecule has 0 aromatic rings. The zero-order chi connectivity index (χ0) is 53.0. The van der Waals surface area contributed by atoms with Crippen molar-refractivity contribution in [3.8, 4) is 0 Å². The zero-order valence-corrected chi connectivity index (χ0v) is 49.7. The molecule has 0 aliphatic carbocycles. The molecule has 0 saturated carbocycles. The van der Waals surface area contributed by atoms with Crippen LogP contribution in [0.2, 0.25) is 0 Å². The van der Waals surface area contributed by atoms with Crippen molar-refractivity contribution in [3.63, 3.8) is 0 Å². The van der Waals surface area contributed by atoms with Gasteiger partial charge >= 0.3 is 0 Å². The highest BCUT2D eigenvalue weighted by molar-refractivity contribution is 5.80. The standard InChI is InChI=1S/C67H133NO5/c1-3-5-7-9-11-13-15-17-19-21-23-25-26-27-28-29-30-31-32-33-34-35-36-37-38-39-41-43-45-47-49-51-53-55-57-59-61-65(71)67(73)68-63(62-69)66(72)64(70)60-58-56-54-52-50-48-46-44-42-40-24-22-20-18-16-14-12-10-8-6-4-2/h31-32,63-66,69-72H,3-30,33-62H2,1-2H3,(H,68,73)/b32-31-. The van der Waals surface area contributed by atoms with E-state index < -0.39 is 36.9 Å². The van der Waals surface area contributed by atoms with E-state index in [0.29, 0.717) is 12.8 Å². The molecule has 4 unspecified atom stereocenters. The van der Waals surface area contributed by atoms with Crippen LogP contribution in [0.25, 0.3) is 0 Å². The fourth-order valence-electron chi connectivity index (χ4n) is 11.0. The third kappa shape index (κ3) is 55.6. The third-order valence-corrected chi connectivity index (χ3v) is 16.2. The van der Waals surface area contributed by atoms with E-state index in [1.54, 1.807) is 0 Å². The molecular formula is C67H133NO5. The van der Waals surface area contributed by atoms with Crippen LogP contribution in [0, 0.1) is 0 Å². The van der Waals surface area contributed by atoms with E-state index in [-0.39, 0.29) is 0 Å². The number of unbranched alkanes of at least 4 members (excludes halogenated alkanes) is 52. The van der Waals surface area contributed by atoms with Crippen molar-refractivity contribution in [1.29, 1.82) is 0 Å². The number of allylic oxidation sites excluding steroid dienone is 2. The van der Waals surface area contributed by atoms with Crippen molar-refractivity contribution in [2.24, 2.45) is 0 Å². The molecule has 0 aliphatic heterocycles. The van der Waals surface area contributed by atoms with Crippen LogP contribution in [0.1, 0.15) is 380 Å². The molecule has 0 saturated heterocycles. The Labute approximate surface area is 457 Å². The van der Waals surface area contributed by atoms with Gasteiger partial charge in [0.05, 0.1) is 18.8 Å². The van der Waals surface area contributed by atoms with Crippen LogP contribution >= 0.6 is 0 Å². The van der Waals surface area contributed by atoms with Gasteiger partial charge in [0.25, 0.3) is 0 Å². The molecule has 73 heavy (non-hydrogen) atoms. The van der Waals surface area contributed by atoms with Gasteiger partial charge in [0, 0.05) is 0 Å². The molecule has 0 rings (SSSR count). The van der Waals surface area contributed by atoms with Crippen molar-refractivity contribution in [2.75, 3.05) is 6.61 Å². The number of hydrogen-bond acceptors (Lipinski definition) is 5. The molecule has 0 aromatic carbocycles. The van der Waals surface area contributed by atoms with Crippen molar-refractivity contribution < 1.29 is 25.2 Å². The number of amides is 1. The third-order valence-electron chi connectivity index (χ3n) is 16.2. The lowest BCUT2D eigenvalue weighted by molar-refractivity contribution is -0.132. The summed E-state index contributed by atoms with van der Waals surface area (Å²) in [5.74, 6) is -0.576. The van der Waals surface area contributed by atoms with E-state index in [9.17, 15) is 25.2 Å². The van der Waals surface area contributed by atoms with Crippen molar-refractivity contribution in [3.05, 3.63) is 12.2 Å². The molecule has 1 amide bonds. The second-order valence-electron chi connectivity index (χ2n) is 23.5. The summed E-state index contributed by atoms with van der Waals surface area (Å²) >= 11 is 0. The maximum absolute atomic E-state index is 12.6. The maximum Gasteiger partial charge on any atom is 0.249 e. The number of rotatable bonds is 63. The summed E-state index contributed by atoms with van der Waals surface area (Å²) in [6, 6.07) is -0.983. The van der Waals surface area contributed by atoms with Gasteiger partial charge < -0.3 is 25.7 Å². The van der Waals surface area contributed by atoms with E-state index in [2.05, 4.69) is 31.3 Å². The predicted molar refractivity (Wildman–Crippen MR) is 321 cm³/mol. The Bertz CT molecular complexity index is 1070. The lowest BCUT2D eigenvalue weighted by atomic mass is 9.99. The van der Waals surface area contributed by atoms with Gasteiger partial charge in [-0.25, -0.2) is 0 Å². The quantitative estimate of drug-likeness (QED) is 0.0308. The Morgan fingerprint density at radius 2 is 0.548 bits per heavy atom. The first kappa shape index (κ1) is 72.0. The highest BCUT2D eigenvalue weighted by Gasteiger charge is 2.28. The largest absolute Gasteiger partial charge is 0.394 e. The number of nitrogens with one attached hydrogen (secondary N) is 1. The summed E-state index contributed by atoms with van der Waals surface area (Å²) in [6.07, 6.45) is 76.1. The summed E-state index contributed by atoms with van der Waals surface area (Å²) in [5, 5.41) is 44.2. The Balaban J connectivity index is 3.51. The zero-order valence-electron chi connectivity index (χ0n) is 49.7. The fourth-order valence-corrected chi connectivity index (χ4v) is 11.0. The molecule has 436 valence electrons. The predicted octanol–water partition coefficient (Wildman–Crippen LogP) is 20.4. The Kier molecular flexibility index (Phi) is 61.1. The van der Waals surface area contributed by atoms with Crippen LogP contribution in [0.4, 0.5) is 0 Å². The van der Waals surface area contributed by atoms with Crippen molar-refractivity contribution in [2.45, 2.75) is 404 Å². The number of carbonyl (C=O) groups is 1. The molecule has 0 aliphatic rings. The van der Waals surface area contributed by atoms with Gasteiger partial charge in [-0.3, -0.25) is 4.79 Å². The maximum atomic E-state index is 12.6. The average Bonchev–Trinajstić information content (AvgIpc) is 3.40. The van der Waals surface area contributed by atoms with Crippen LogP contribution in [-0.4, -0.2) is 57.3 Å². The lowest BCUT2D eigenvalue weighted by Gasteiger charge is -2.27. The summed E-state index contributed by atoms with van der Waals surface area (Å²) < 4.78 is 0. The van der Waals surface area contributed by atoms with E-state index in [1.165, 1.54) is 315 Å². The first-order chi connectivity index (χ1) is 36.0. The van der Waals surface area contributed by atoms with Crippen LogP contribution in [-0.2, 0) is 4.79 Å². The molecule has 0 radical (unpaired) electrons. The highest BCUT2D eigenvalue weighted by atomic mass is 16.3. The van der Waals surface area contributed by atoms with Crippen LogP contribution in [0.3, 0.4) is 0 Å². The smallest absolute Gasteiger partial charge is 0.249 e. The van der Waals surface area contributed by atoms with Crippen LogP contribution < -0.4 is 5.32 Å². The van der Waals surface area contributed by atoms with Crippen molar-refractivity contribution in [1.82, 2.24) is 5.32 Å². The minimum absolute atomic E-state index is 0.374. The minimum Gasteiger partial charge on any atom is -0.394 e. The molecule has 0 fully saturated rings. The first-order valence-electron chi connectivity index (χ1n) is 33.6. The molecule has 0 aromatic heterocycles. The van der Waals surface area contributed by atoms with Gasteiger partial charge in [0.2, 0.25) is 5.91 Å². The SMILES string of the molecule is CCCCCCCCCCCCCCCCCC/C=C\CCCCCCCCCCCCCCCCCCC(O)C(=O)NC(CO)C(O)C(O)CCCCCCCCCCCCCCCCCCCCCCC. The summed E-state index contributed by atoms with van der Waals surface area (Å²) in [6.45, 7) is 4.11. The fraction of sp³-hybridized carbons (Fsp3) is 0.955. The van der Waals surface area contributed by atoms with Crippen molar-refractivity contribution >= 4 is 5.91 Å². The van der Waals surface area contributed by atoms with E-state index >= 15 is 0 Å². The molecular weight excluding hydrogens is 899 g/mol. The first-order valence-corrected chi connectivity index (χ1v) is 33.6. The van der Waals surface area contributed by atoms with Gasteiger partial charge in [-0.15, -0.1) is 0 Å². The van der Waals surface area contributed by atoms with E-state index in [1.807, 2.05) is 0 Å². The topological polar surface area (TPSA) is 110 Å². The molecule has 0 heterocycles. The second kappa shape index (κ2) is 61.9. The van der Waals surface area contributed by atoms with Crippen LogP contribution in [0.15, 0.2) is 12.2 Å². The van der Waals surface area contributed by atoms with Gasteiger partial charge in [0.1, 0.15) is 12.2 Å². The van der Waals surface area contributed by atoms with Gasteiger partial charge in [-0.2, -0.15) is 0 Å². The summed E-state index contributed by atoms with van der Waals surface area (Å²) in [7, 11) is 0. The molecule has 6 heteroatoms. The monoisotopic (exact) mass is 1030 g/mol. The number of aliphatic hydroxyl groups is 4. The average molecular weight is 1030 g/mol. The van der Waals surface area contributed by atoms with E-state index in [4.69, 9.17) is 0 Å². The molecule has 4 atom stereocenters. The Morgan fingerprint density at radius 1 is 0.329 bits per heavy atom. The Morgan fingerprint density at radius 3 is 0.795 bits per heavy atom. The minimum atomic E-state index is -1.26. The Hall–Kier alpha value is -0.950. The molecule has 6 nitrogen and oxygen atoms in total. The number of hydrogen-bond donors (Lipinski definition) is 5. The summed E-state index contributed by atoms with van der Waals surface area (Å²) in [5.41, 5.74) is 0. The highest BCUT2D eigenvalue weighted by Crippen LogP contribution is 2.19. The second-order valence-corrected chi connectivity index (χ2v) is 23.5. The van der Waals surface area contributed by atoms with Gasteiger partial charge in [-0.1, -0.05) is 353 Å². The molecule has 0 bridgehead atoms. The van der Waals surface area contributed by atoms with Crippen LogP contribution in [0.5, 0.6) is 0 Å². The summed E-state index contributed by atoms with van der Waals surface area (Å²) in [4.78, 5) is 12.6. The van der Waals surface area contributed by atoms with Gasteiger partial charge in [0.15, 0.2) is 0 Å². The molecule has 5 N–H and O–H groups in total. The molecule has 0 spiro atoms.